The third-order valence-corrected chi connectivity index (χ3v) is 3.66. The smallest absolute Gasteiger partial charge is 0.257 e. The van der Waals surface area contributed by atoms with Gasteiger partial charge >= 0.3 is 0 Å². The monoisotopic (exact) mass is 351 g/mol. The van der Waals surface area contributed by atoms with Crippen molar-refractivity contribution in [2.45, 2.75) is 0 Å². The Morgan fingerprint density at radius 2 is 1.48 bits per heavy atom. The molecule has 5 nitrogen and oxygen atoms in total. The maximum Gasteiger partial charge on any atom is 0.257 e. The van der Waals surface area contributed by atoms with Crippen LogP contribution in [0.4, 0.5) is 11.4 Å². The third kappa shape index (κ3) is 4.43. The average molecular weight is 352 g/mol. The predicted octanol–water partition coefficient (Wildman–Crippen LogP) is 4.24. The summed E-state index contributed by atoms with van der Waals surface area (Å²) in [7, 11) is 0. The van der Waals surface area contributed by atoms with E-state index in [1.165, 1.54) is 6.20 Å². The minimum Gasteiger partial charge on any atom is -0.322 e. The molecule has 25 heavy (non-hydrogen) atoms. The van der Waals surface area contributed by atoms with E-state index >= 15 is 0 Å². The first-order chi connectivity index (χ1) is 12.1. The molecule has 0 bridgehead atoms. The van der Waals surface area contributed by atoms with Crippen LogP contribution in [0.25, 0.3) is 0 Å². The molecule has 1 heterocycles. The van der Waals surface area contributed by atoms with Gasteiger partial charge in [0, 0.05) is 34.4 Å². The summed E-state index contributed by atoms with van der Waals surface area (Å²) in [6, 6.07) is 16.9. The third-order valence-electron chi connectivity index (χ3n) is 3.41. The van der Waals surface area contributed by atoms with Gasteiger partial charge in [0.1, 0.15) is 0 Å². The fourth-order valence-corrected chi connectivity index (χ4v) is 2.30. The Hall–Kier alpha value is -3.18. The Balaban J connectivity index is 1.71. The molecular weight excluding hydrogens is 338 g/mol. The van der Waals surface area contributed by atoms with Gasteiger partial charge in [-0.2, -0.15) is 0 Å². The van der Waals surface area contributed by atoms with Crippen LogP contribution in [0.2, 0.25) is 5.02 Å². The van der Waals surface area contributed by atoms with Gasteiger partial charge in [-0.05, 0) is 54.6 Å². The Labute approximate surface area is 149 Å². The summed E-state index contributed by atoms with van der Waals surface area (Å²) in [5.74, 6) is -0.567. The van der Waals surface area contributed by atoms with Crippen LogP contribution >= 0.6 is 11.6 Å². The van der Waals surface area contributed by atoms with E-state index in [0.29, 0.717) is 27.5 Å². The van der Waals surface area contributed by atoms with Crippen molar-refractivity contribution in [1.82, 2.24) is 4.98 Å². The summed E-state index contributed by atoms with van der Waals surface area (Å²) in [6.45, 7) is 0. The van der Waals surface area contributed by atoms with E-state index in [2.05, 4.69) is 15.6 Å². The van der Waals surface area contributed by atoms with E-state index in [9.17, 15) is 9.59 Å². The molecule has 0 unspecified atom stereocenters. The fraction of sp³-hybridized carbons (Fsp3) is 0. The molecule has 6 heteroatoms. The molecule has 1 aromatic heterocycles. The van der Waals surface area contributed by atoms with Gasteiger partial charge in [0.25, 0.3) is 11.8 Å². The van der Waals surface area contributed by atoms with Crippen LogP contribution in [-0.4, -0.2) is 16.8 Å². The quantitative estimate of drug-likeness (QED) is 0.738. The van der Waals surface area contributed by atoms with Crippen molar-refractivity contribution in [1.29, 1.82) is 0 Å². The molecule has 3 rings (SSSR count). The Morgan fingerprint density at radius 3 is 2.20 bits per heavy atom. The van der Waals surface area contributed by atoms with E-state index in [4.69, 9.17) is 11.6 Å². The maximum absolute atomic E-state index is 12.3. The molecule has 2 N–H and O–H groups in total. The molecule has 0 atom stereocenters. The van der Waals surface area contributed by atoms with E-state index in [0.717, 1.165) is 0 Å². The van der Waals surface area contributed by atoms with Gasteiger partial charge in [0.05, 0.1) is 5.56 Å². The maximum atomic E-state index is 12.3. The molecule has 0 radical (unpaired) electrons. The van der Waals surface area contributed by atoms with Gasteiger partial charge in [0.15, 0.2) is 0 Å². The largest absolute Gasteiger partial charge is 0.322 e. The number of pyridine rings is 1. The summed E-state index contributed by atoms with van der Waals surface area (Å²) >= 11 is 5.83. The van der Waals surface area contributed by atoms with Crippen molar-refractivity contribution < 1.29 is 9.59 Å². The second-order valence-electron chi connectivity index (χ2n) is 5.24. The minimum absolute atomic E-state index is 0.278. The van der Waals surface area contributed by atoms with Crippen LogP contribution in [0.3, 0.4) is 0 Å². The number of halogens is 1. The van der Waals surface area contributed by atoms with Gasteiger partial charge in [-0.1, -0.05) is 17.7 Å². The summed E-state index contributed by atoms with van der Waals surface area (Å²) < 4.78 is 0. The van der Waals surface area contributed by atoms with Gasteiger partial charge < -0.3 is 10.6 Å². The SMILES string of the molecule is O=C(Nc1cccc(C(=O)Nc2ccc(Cl)cc2)c1)c1cccnc1. The standard InChI is InChI=1S/C19H14ClN3O2/c20-15-6-8-16(9-7-15)22-18(24)13-3-1-5-17(11-13)23-19(25)14-4-2-10-21-12-14/h1-12H,(H,22,24)(H,23,25). The van der Waals surface area contributed by atoms with Gasteiger partial charge in [0.2, 0.25) is 0 Å². The number of hydrogen-bond donors (Lipinski definition) is 2. The van der Waals surface area contributed by atoms with E-state index in [1.807, 2.05) is 0 Å². The summed E-state index contributed by atoms with van der Waals surface area (Å²) in [5, 5.41) is 6.12. The van der Waals surface area contributed by atoms with Crippen LogP contribution < -0.4 is 10.6 Å². The summed E-state index contributed by atoms with van der Waals surface area (Å²) in [4.78, 5) is 28.4. The van der Waals surface area contributed by atoms with E-state index < -0.39 is 0 Å². The van der Waals surface area contributed by atoms with Crippen molar-refractivity contribution >= 4 is 34.8 Å². The lowest BCUT2D eigenvalue weighted by molar-refractivity contribution is 0.101. The van der Waals surface area contributed by atoms with Crippen LogP contribution in [-0.2, 0) is 0 Å². The number of aromatic nitrogens is 1. The first-order valence-electron chi connectivity index (χ1n) is 7.50. The second-order valence-corrected chi connectivity index (χ2v) is 5.67. The zero-order chi connectivity index (χ0) is 17.6. The van der Waals surface area contributed by atoms with E-state index in [-0.39, 0.29) is 11.8 Å². The molecule has 0 aliphatic rings. The summed E-state index contributed by atoms with van der Waals surface area (Å²) in [6.07, 6.45) is 3.07. The first kappa shape index (κ1) is 16.7. The highest BCUT2D eigenvalue weighted by Crippen LogP contribution is 2.16. The van der Waals surface area contributed by atoms with Crippen molar-refractivity contribution in [3.63, 3.8) is 0 Å². The van der Waals surface area contributed by atoms with Gasteiger partial charge in [-0.15, -0.1) is 0 Å². The number of carbonyl (C=O) groups excluding carboxylic acids is 2. The number of carbonyl (C=O) groups is 2. The van der Waals surface area contributed by atoms with Crippen molar-refractivity contribution in [2.75, 3.05) is 10.6 Å². The fourth-order valence-electron chi connectivity index (χ4n) is 2.18. The Morgan fingerprint density at radius 1 is 0.800 bits per heavy atom. The lowest BCUT2D eigenvalue weighted by Crippen LogP contribution is -2.14. The van der Waals surface area contributed by atoms with E-state index in [1.54, 1.807) is 66.9 Å². The number of nitrogens with one attached hydrogen (secondary N) is 2. The molecule has 0 saturated carbocycles. The number of anilines is 2. The molecule has 0 fully saturated rings. The van der Waals surface area contributed by atoms with Crippen LogP contribution in [0, 0.1) is 0 Å². The lowest BCUT2D eigenvalue weighted by atomic mass is 10.1. The molecule has 124 valence electrons. The molecule has 0 saturated heterocycles. The highest BCUT2D eigenvalue weighted by molar-refractivity contribution is 6.30. The molecule has 0 aliphatic heterocycles. The minimum atomic E-state index is -0.289. The Kier molecular flexibility index (Phi) is 5.06. The lowest BCUT2D eigenvalue weighted by Gasteiger charge is -2.08. The number of hydrogen-bond acceptors (Lipinski definition) is 3. The highest BCUT2D eigenvalue weighted by Gasteiger charge is 2.09. The van der Waals surface area contributed by atoms with Gasteiger partial charge in [-0.3, -0.25) is 14.6 Å². The molecule has 3 aromatic rings. The van der Waals surface area contributed by atoms with Crippen molar-refractivity contribution in [2.24, 2.45) is 0 Å². The molecule has 0 aliphatic carbocycles. The molecule has 0 spiro atoms. The highest BCUT2D eigenvalue weighted by atomic mass is 35.5. The Bertz CT molecular complexity index is 896. The number of rotatable bonds is 4. The van der Waals surface area contributed by atoms with Crippen molar-refractivity contribution in [3.05, 3.63) is 89.2 Å². The molecule has 2 amide bonds. The number of amides is 2. The average Bonchev–Trinajstić information content (AvgIpc) is 2.64. The number of benzene rings is 2. The zero-order valence-corrected chi connectivity index (χ0v) is 13.8. The molecular formula is C19H14ClN3O2. The van der Waals surface area contributed by atoms with Crippen molar-refractivity contribution in [3.8, 4) is 0 Å². The van der Waals surface area contributed by atoms with Crippen LogP contribution in [0.5, 0.6) is 0 Å². The summed E-state index contributed by atoms with van der Waals surface area (Å²) in [5.41, 5.74) is 2.04. The number of nitrogens with zero attached hydrogens (tertiary/aromatic N) is 1. The zero-order valence-electron chi connectivity index (χ0n) is 13.1. The predicted molar refractivity (Wildman–Crippen MR) is 98.0 cm³/mol. The van der Waals surface area contributed by atoms with Crippen LogP contribution in [0.1, 0.15) is 20.7 Å². The van der Waals surface area contributed by atoms with Crippen LogP contribution in [0.15, 0.2) is 73.1 Å². The second kappa shape index (κ2) is 7.59. The normalized spacial score (nSPS) is 10.1. The molecule has 2 aromatic carbocycles. The first-order valence-corrected chi connectivity index (χ1v) is 7.88. The van der Waals surface area contributed by atoms with Gasteiger partial charge in [-0.25, -0.2) is 0 Å². The topological polar surface area (TPSA) is 71.1 Å².